The molecule has 1 saturated heterocycles. The van der Waals surface area contributed by atoms with Crippen LogP contribution in [-0.2, 0) is 10.8 Å². The predicted molar refractivity (Wildman–Crippen MR) is 57.2 cm³/mol. The number of nitrogens with two attached hydrogens (primary N) is 1. The molecule has 1 aliphatic heterocycles. The van der Waals surface area contributed by atoms with Gasteiger partial charge in [-0.3, -0.25) is 4.21 Å². The summed E-state index contributed by atoms with van der Waals surface area (Å²) in [5.41, 5.74) is 5.60. The average Bonchev–Trinajstić information content (AvgIpc) is 2.15. The van der Waals surface area contributed by atoms with Crippen molar-refractivity contribution in [1.82, 2.24) is 4.90 Å². The second-order valence-corrected chi connectivity index (χ2v) is 5.35. The molecule has 0 amide bonds. The average molecular weight is 204 g/mol. The first-order valence-electron chi connectivity index (χ1n) is 4.95. The van der Waals surface area contributed by atoms with Crippen LogP contribution in [0.5, 0.6) is 0 Å². The van der Waals surface area contributed by atoms with Crippen molar-refractivity contribution in [3.63, 3.8) is 0 Å². The van der Waals surface area contributed by atoms with Crippen molar-refractivity contribution < 1.29 is 4.21 Å². The Morgan fingerprint density at radius 1 is 1.46 bits per heavy atom. The first kappa shape index (κ1) is 11.1. The molecule has 78 valence electrons. The molecular formula is C9H20N2OS. The van der Waals surface area contributed by atoms with E-state index in [0.717, 1.165) is 37.8 Å². The summed E-state index contributed by atoms with van der Waals surface area (Å²) >= 11 is 0. The van der Waals surface area contributed by atoms with E-state index in [1.807, 2.05) is 0 Å². The van der Waals surface area contributed by atoms with Crippen LogP contribution in [0.15, 0.2) is 0 Å². The molecule has 0 saturated carbocycles. The van der Waals surface area contributed by atoms with E-state index in [9.17, 15) is 4.21 Å². The minimum atomic E-state index is -0.644. The lowest BCUT2D eigenvalue weighted by molar-refractivity contribution is 0.197. The molecule has 0 aliphatic carbocycles. The normalized spacial score (nSPS) is 23.2. The van der Waals surface area contributed by atoms with Gasteiger partial charge < -0.3 is 10.6 Å². The largest absolute Gasteiger partial charge is 0.330 e. The highest BCUT2D eigenvalue weighted by Crippen LogP contribution is 2.15. The highest BCUT2D eigenvalue weighted by Gasteiger charge is 2.17. The van der Waals surface area contributed by atoms with E-state index in [4.69, 9.17) is 5.73 Å². The molecule has 2 N–H and O–H groups in total. The Hall–Kier alpha value is 0.0700. The first-order chi connectivity index (χ1) is 6.22. The fourth-order valence-electron chi connectivity index (χ4n) is 1.70. The summed E-state index contributed by atoms with van der Waals surface area (Å²) in [7, 11) is -0.644. The van der Waals surface area contributed by atoms with Crippen molar-refractivity contribution in [2.24, 2.45) is 11.7 Å². The lowest BCUT2D eigenvalue weighted by Crippen LogP contribution is -2.38. The van der Waals surface area contributed by atoms with Crippen molar-refractivity contribution in [3.05, 3.63) is 0 Å². The Morgan fingerprint density at radius 2 is 2.08 bits per heavy atom. The Balaban J connectivity index is 2.14. The van der Waals surface area contributed by atoms with Gasteiger partial charge in [0, 0.05) is 29.4 Å². The van der Waals surface area contributed by atoms with E-state index in [0.29, 0.717) is 0 Å². The minimum absolute atomic E-state index is 0.644. The van der Waals surface area contributed by atoms with Crippen LogP contribution in [0, 0.1) is 5.92 Å². The van der Waals surface area contributed by atoms with Crippen LogP contribution in [0.1, 0.15) is 12.8 Å². The van der Waals surface area contributed by atoms with Gasteiger partial charge in [-0.1, -0.05) is 0 Å². The number of nitrogens with zero attached hydrogens (tertiary/aromatic N) is 1. The molecule has 0 radical (unpaired) electrons. The van der Waals surface area contributed by atoms with Crippen LogP contribution in [0.25, 0.3) is 0 Å². The Kier molecular flexibility index (Phi) is 4.91. The smallest absolute Gasteiger partial charge is 0.0359 e. The zero-order valence-corrected chi connectivity index (χ0v) is 9.18. The fourth-order valence-corrected chi connectivity index (χ4v) is 2.22. The lowest BCUT2D eigenvalue weighted by atomic mass is 9.97. The Morgan fingerprint density at radius 3 is 2.54 bits per heavy atom. The molecule has 1 heterocycles. The third kappa shape index (κ3) is 4.20. The van der Waals surface area contributed by atoms with Gasteiger partial charge in [-0.25, -0.2) is 0 Å². The van der Waals surface area contributed by atoms with Crippen LogP contribution < -0.4 is 5.73 Å². The van der Waals surface area contributed by atoms with E-state index in [2.05, 4.69) is 4.90 Å². The number of likely N-dealkylation sites (tertiary alicyclic amines) is 1. The lowest BCUT2D eigenvalue weighted by Gasteiger charge is -2.30. The van der Waals surface area contributed by atoms with Crippen LogP contribution >= 0.6 is 0 Å². The van der Waals surface area contributed by atoms with Crippen molar-refractivity contribution in [2.45, 2.75) is 12.8 Å². The maximum absolute atomic E-state index is 10.9. The van der Waals surface area contributed by atoms with Gasteiger partial charge in [0.15, 0.2) is 0 Å². The zero-order valence-electron chi connectivity index (χ0n) is 8.37. The standard InChI is InChI=1S/C9H20N2OS/c1-13(12)7-6-11-4-2-9(8-10)3-5-11/h9H,2-8,10H2,1H3. The van der Waals surface area contributed by atoms with Gasteiger partial charge in [0.1, 0.15) is 0 Å². The highest BCUT2D eigenvalue weighted by atomic mass is 32.2. The van der Waals surface area contributed by atoms with Crippen LogP contribution in [0.4, 0.5) is 0 Å². The molecule has 0 bridgehead atoms. The molecule has 0 aromatic rings. The SMILES string of the molecule is CS(=O)CCN1CCC(CN)CC1. The first-order valence-corrected chi connectivity index (χ1v) is 6.67. The number of hydrogen-bond acceptors (Lipinski definition) is 3. The molecule has 0 spiro atoms. The minimum Gasteiger partial charge on any atom is -0.330 e. The molecule has 1 rings (SSSR count). The summed E-state index contributed by atoms with van der Waals surface area (Å²) in [5.74, 6) is 1.54. The summed E-state index contributed by atoms with van der Waals surface area (Å²) in [6, 6.07) is 0. The van der Waals surface area contributed by atoms with Crippen LogP contribution in [0.2, 0.25) is 0 Å². The van der Waals surface area contributed by atoms with Gasteiger partial charge in [0.05, 0.1) is 0 Å². The zero-order chi connectivity index (χ0) is 9.68. The van der Waals surface area contributed by atoms with Crippen molar-refractivity contribution >= 4 is 10.8 Å². The van der Waals surface area contributed by atoms with E-state index >= 15 is 0 Å². The number of hydrogen-bond donors (Lipinski definition) is 1. The Labute approximate surface area is 83.1 Å². The molecular weight excluding hydrogens is 184 g/mol. The summed E-state index contributed by atoms with van der Waals surface area (Å²) in [6.45, 7) is 4.09. The summed E-state index contributed by atoms with van der Waals surface area (Å²) < 4.78 is 10.9. The molecule has 3 nitrogen and oxygen atoms in total. The van der Waals surface area contributed by atoms with Gasteiger partial charge in [-0.15, -0.1) is 0 Å². The fraction of sp³-hybridized carbons (Fsp3) is 1.00. The van der Waals surface area contributed by atoms with E-state index in [1.165, 1.54) is 12.8 Å². The topological polar surface area (TPSA) is 46.3 Å². The predicted octanol–water partition coefficient (Wildman–Crippen LogP) is 0.0356. The van der Waals surface area contributed by atoms with Gasteiger partial charge in [0.2, 0.25) is 0 Å². The van der Waals surface area contributed by atoms with Gasteiger partial charge >= 0.3 is 0 Å². The second kappa shape index (κ2) is 5.73. The summed E-state index contributed by atoms with van der Waals surface area (Å²) in [5, 5.41) is 0. The number of rotatable bonds is 4. The molecule has 13 heavy (non-hydrogen) atoms. The molecule has 1 fully saturated rings. The maximum Gasteiger partial charge on any atom is 0.0359 e. The quantitative estimate of drug-likeness (QED) is 0.703. The third-order valence-electron chi connectivity index (χ3n) is 2.74. The second-order valence-electron chi connectivity index (χ2n) is 3.80. The number of piperidine rings is 1. The molecule has 0 aromatic carbocycles. The molecule has 0 aromatic heterocycles. The van der Waals surface area contributed by atoms with E-state index < -0.39 is 10.8 Å². The third-order valence-corrected chi connectivity index (χ3v) is 3.49. The van der Waals surface area contributed by atoms with Crippen molar-refractivity contribution in [1.29, 1.82) is 0 Å². The summed E-state index contributed by atoms with van der Waals surface area (Å²) in [6.07, 6.45) is 4.20. The van der Waals surface area contributed by atoms with Crippen LogP contribution in [-0.4, -0.2) is 47.3 Å². The Bertz CT molecular complexity index is 167. The molecule has 1 aliphatic rings. The van der Waals surface area contributed by atoms with Crippen molar-refractivity contribution in [2.75, 3.05) is 38.2 Å². The molecule has 1 atom stereocenters. The van der Waals surface area contributed by atoms with Crippen molar-refractivity contribution in [3.8, 4) is 0 Å². The van der Waals surface area contributed by atoms with Gasteiger partial charge in [-0.2, -0.15) is 0 Å². The maximum atomic E-state index is 10.9. The summed E-state index contributed by atoms with van der Waals surface area (Å²) in [4.78, 5) is 2.40. The highest BCUT2D eigenvalue weighted by molar-refractivity contribution is 7.84. The van der Waals surface area contributed by atoms with Gasteiger partial charge in [0.25, 0.3) is 0 Å². The monoisotopic (exact) mass is 204 g/mol. The van der Waals surface area contributed by atoms with E-state index in [1.54, 1.807) is 6.26 Å². The molecule has 4 heteroatoms. The van der Waals surface area contributed by atoms with Crippen LogP contribution in [0.3, 0.4) is 0 Å². The molecule has 1 unspecified atom stereocenters. The van der Waals surface area contributed by atoms with Gasteiger partial charge in [-0.05, 0) is 38.4 Å². The van der Waals surface area contributed by atoms with E-state index in [-0.39, 0.29) is 0 Å².